The van der Waals surface area contributed by atoms with Crippen molar-refractivity contribution in [3.63, 3.8) is 0 Å². The molecular weight excluding hydrogens is 266 g/mol. The first-order chi connectivity index (χ1) is 10.1. The van der Waals surface area contributed by atoms with Crippen molar-refractivity contribution in [2.24, 2.45) is 7.05 Å². The zero-order valence-electron chi connectivity index (χ0n) is 12.2. The second kappa shape index (κ2) is 6.17. The number of aromatic nitrogens is 3. The summed E-state index contributed by atoms with van der Waals surface area (Å²) in [5.41, 5.74) is 5.66. The predicted molar refractivity (Wildman–Crippen MR) is 82.1 cm³/mol. The van der Waals surface area contributed by atoms with Crippen molar-refractivity contribution in [1.29, 1.82) is 0 Å². The van der Waals surface area contributed by atoms with Crippen LogP contribution in [0, 0.1) is 13.8 Å². The Balaban J connectivity index is 0.000000497. The number of benzene rings is 1. The Morgan fingerprint density at radius 3 is 2.57 bits per heavy atom. The van der Waals surface area contributed by atoms with E-state index < -0.39 is 0 Å². The van der Waals surface area contributed by atoms with Crippen LogP contribution in [0.4, 0.5) is 0 Å². The molecule has 0 aliphatic heterocycles. The number of hydrogen-bond donors (Lipinski definition) is 1. The molecule has 0 fully saturated rings. The van der Waals surface area contributed by atoms with Gasteiger partial charge in [0.25, 0.3) is 6.47 Å². The Labute approximate surface area is 122 Å². The van der Waals surface area contributed by atoms with E-state index in [9.17, 15) is 0 Å². The highest BCUT2D eigenvalue weighted by atomic mass is 16.3. The lowest BCUT2D eigenvalue weighted by Gasteiger charge is -2.07. The molecule has 0 saturated heterocycles. The molecule has 3 aromatic rings. The number of hydrogen-bond acceptors (Lipinski definition) is 3. The summed E-state index contributed by atoms with van der Waals surface area (Å²) in [5, 5.41) is 16.5. The number of aryl methyl sites for hydroxylation is 2. The summed E-state index contributed by atoms with van der Waals surface area (Å²) in [6.07, 6.45) is 1.81. The molecular formula is C16H17N3O2. The molecule has 0 atom stereocenters. The maximum atomic E-state index is 8.36. The number of fused-ring (bicyclic) bond motifs is 1. The van der Waals surface area contributed by atoms with Gasteiger partial charge in [0, 0.05) is 18.0 Å². The SMILES string of the molecule is Cc1cnnc(-c2cc3ccccc3n2C)c1C.O=CO. The van der Waals surface area contributed by atoms with Gasteiger partial charge in [-0.2, -0.15) is 5.10 Å². The van der Waals surface area contributed by atoms with E-state index in [1.165, 1.54) is 22.0 Å². The van der Waals surface area contributed by atoms with Crippen molar-refractivity contribution in [2.45, 2.75) is 13.8 Å². The Hall–Kier alpha value is -2.69. The van der Waals surface area contributed by atoms with Crippen molar-refractivity contribution < 1.29 is 9.90 Å². The fourth-order valence-electron chi connectivity index (χ4n) is 2.29. The summed E-state index contributed by atoms with van der Waals surface area (Å²) in [6.45, 7) is 3.91. The highest BCUT2D eigenvalue weighted by molar-refractivity contribution is 5.86. The Kier molecular flexibility index (Phi) is 4.33. The van der Waals surface area contributed by atoms with Crippen LogP contribution in [0.1, 0.15) is 11.1 Å². The van der Waals surface area contributed by atoms with Crippen LogP contribution < -0.4 is 0 Å². The van der Waals surface area contributed by atoms with Gasteiger partial charge < -0.3 is 9.67 Å². The number of nitrogens with zero attached hydrogens (tertiary/aromatic N) is 3. The third-order valence-electron chi connectivity index (χ3n) is 3.55. The Morgan fingerprint density at radius 1 is 1.24 bits per heavy atom. The second-order valence-electron chi connectivity index (χ2n) is 4.75. The van der Waals surface area contributed by atoms with Crippen LogP contribution in [0.5, 0.6) is 0 Å². The molecule has 5 nitrogen and oxygen atoms in total. The first-order valence-electron chi connectivity index (χ1n) is 6.51. The maximum absolute atomic E-state index is 8.36. The van der Waals surface area contributed by atoms with E-state index in [0.717, 1.165) is 11.4 Å². The van der Waals surface area contributed by atoms with Crippen molar-refractivity contribution >= 4 is 17.4 Å². The predicted octanol–water partition coefficient (Wildman–Crippen LogP) is 2.95. The van der Waals surface area contributed by atoms with Gasteiger partial charge in [0.2, 0.25) is 0 Å². The topological polar surface area (TPSA) is 68.0 Å². The standard InChI is InChI=1S/C15H15N3.CH2O2/c1-10-9-16-17-15(11(10)2)14-8-12-6-4-5-7-13(12)18(14)3;2-1-3/h4-9H,1-3H3;1H,(H,2,3). The minimum atomic E-state index is -0.250. The molecule has 0 aliphatic carbocycles. The van der Waals surface area contributed by atoms with E-state index in [1.807, 2.05) is 6.20 Å². The average Bonchev–Trinajstić information content (AvgIpc) is 2.81. The van der Waals surface area contributed by atoms with Crippen LogP contribution in [-0.2, 0) is 11.8 Å². The van der Waals surface area contributed by atoms with Crippen molar-refractivity contribution in [2.75, 3.05) is 0 Å². The summed E-state index contributed by atoms with van der Waals surface area (Å²) in [4.78, 5) is 8.36. The van der Waals surface area contributed by atoms with Gasteiger partial charge in [-0.15, -0.1) is 5.10 Å². The fraction of sp³-hybridized carbons (Fsp3) is 0.188. The average molecular weight is 283 g/mol. The number of carbonyl (C=O) groups is 1. The first kappa shape index (κ1) is 14.7. The summed E-state index contributed by atoms with van der Waals surface area (Å²) in [7, 11) is 2.07. The molecule has 108 valence electrons. The van der Waals surface area contributed by atoms with Gasteiger partial charge >= 0.3 is 0 Å². The van der Waals surface area contributed by atoms with Gasteiger partial charge in [0.1, 0.15) is 5.69 Å². The van der Waals surface area contributed by atoms with Crippen molar-refractivity contribution in [1.82, 2.24) is 14.8 Å². The van der Waals surface area contributed by atoms with Gasteiger partial charge in [0.05, 0.1) is 11.9 Å². The van der Waals surface area contributed by atoms with Gasteiger partial charge in [0.15, 0.2) is 0 Å². The molecule has 2 heterocycles. The lowest BCUT2D eigenvalue weighted by molar-refractivity contribution is -0.122. The second-order valence-corrected chi connectivity index (χ2v) is 4.75. The first-order valence-corrected chi connectivity index (χ1v) is 6.51. The smallest absolute Gasteiger partial charge is 0.290 e. The molecule has 0 amide bonds. The van der Waals surface area contributed by atoms with Gasteiger partial charge in [-0.05, 0) is 37.1 Å². The van der Waals surface area contributed by atoms with E-state index in [-0.39, 0.29) is 6.47 Å². The van der Waals surface area contributed by atoms with Gasteiger partial charge in [-0.3, -0.25) is 4.79 Å². The van der Waals surface area contributed by atoms with Crippen LogP contribution in [0.3, 0.4) is 0 Å². The quantitative estimate of drug-likeness (QED) is 0.697. The van der Waals surface area contributed by atoms with Gasteiger partial charge in [-0.1, -0.05) is 18.2 Å². The summed E-state index contributed by atoms with van der Waals surface area (Å²) < 4.78 is 2.17. The molecule has 21 heavy (non-hydrogen) atoms. The molecule has 0 unspecified atom stereocenters. The Bertz CT molecular complexity index is 778. The Morgan fingerprint density at radius 2 is 1.90 bits per heavy atom. The van der Waals surface area contributed by atoms with Crippen LogP contribution in [0.2, 0.25) is 0 Å². The van der Waals surface area contributed by atoms with Crippen LogP contribution in [0.15, 0.2) is 36.5 Å². The molecule has 0 spiro atoms. The highest BCUT2D eigenvalue weighted by Crippen LogP contribution is 2.28. The lowest BCUT2D eigenvalue weighted by atomic mass is 10.1. The number of rotatable bonds is 1. The molecule has 1 N–H and O–H groups in total. The molecule has 0 radical (unpaired) electrons. The van der Waals surface area contributed by atoms with E-state index in [2.05, 4.69) is 66.0 Å². The van der Waals surface area contributed by atoms with Crippen LogP contribution in [0.25, 0.3) is 22.3 Å². The lowest BCUT2D eigenvalue weighted by Crippen LogP contribution is -1.99. The summed E-state index contributed by atoms with van der Waals surface area (Å²) >= 11 is 0. The van der Waals surface area contributed by atoms with E-state index in [0.29, 0.717) is 0 Å². The third kappa shape index (κ3) is 2.76. The summed E-state index contributed by atoms with van der Waals surface area (Å²) in [5.74, 6) is 0. The van der Waals surface area contributed by atoms with E-state index in [4.69, 9.17) is 9.90 Å². The normalized spacial score (nSPS) is 10.0. The van der Waals surface area contributed by atoms with Crippen molar-refractivity contribution in [3.8, 4) is 11.4 Å². The van der Waals surface area contributed by atoms with Crippen LogP contribution in [-0.4, -0.2) is 26.3 Å². The molecule has 0 saturated carbocycles. The number of para-hydroxylation sites is 1. The molecule has 3 rings (SSSR count). The highest BCUT2D eigenvalue weighted by Gasteiger charge is 2.12. The zero-order chi connectivity index (χ0) is 15.4. The van der Waals surface area contributed by atoms with E-state index >= 15 is 0 Å². The minimum Gasteiger partial charge on any atom is -0.483 e. The van der Waals surface area contributed by atoms with Gasteiger partial charge in [-0.25, -0.2) is 0 Å². The maximum Gasteiger partial charge on any atom is 0.290 e. The molecule has 0 aliphatic rings. The molecule has 0 bridgehead atoms. The zero-order valence-corrected chi connectivity index (χ0v) is 12.2. The number of carboxylic acid groups (broad SMARTS) is 1. The largest absolute Gasteiger partial charge is 0.483 e. The minimum absolute atomic E-state index is 0.250. The molecule has 2 aromatic heterocycles. The third-order valence-corrected chi connectivity index (χ3v) is 3.55. The monoisotopic (exact) mass is 283 g/mol. The summed E-state index contributed by atoms with van der Waals surface area (Å²) in [6, 6.07) is 10.5. The molecule has 5 heteroatoms. The molecule has 1 aromatic carbocycles. The van der Waals surface area contributed by atoms with Crippen LogP contribution >= 0.6 is 0 Å². The fourth-order valence-corrected chi connectivity index (χ4v) is 2.29. The van der Waals surface area contributed by atoms with Crippen molar-refractivity contribution in [3.05, 3.63) is 47.7 Å². The van der Waals surface area contributed by atoms with E-state index in [1.54, 1.807) is 0 Å².